The van der Waals surface area contributed by atoms with Gasteiger partial charge in [-0.05, 0) is 55.3 Å². The molecule has 4 heteroatoms. The third kappa shape index (κ3) is 3.98. The molecule has 0 atom stereocenters. The lowest BCUT2D eigenvalue weighted by molar-refractivity contribution is 0.326. The number of fused-ring (bicyclic) bond motifs is 1. The summed E-state index contributed by atoms with van der Waals surface area (Å²) in [5.74, 6) is 0.906. The Hall–Kier alpha value is -1.71. The number of hydrogen-bond acceptors (Lipinski definition) is 3. The van der Waals surface area contributed by atoms with E-state index in [-0.39, 0.29) is 0 Å². The Morgan fingerprint density at radius 2 is 1.87 bits per heavy atom. The van der Waals surface area contributed by atoms with Crippen LogP contribution in [0.4, 0.5) is 5.69 Å². The van der Waals surface area contributed by atoms with E-state index in [1.54, 1.807) is 0 Å². The zero-order valence-corrected chi connectivity index (χ0v) is 14.3. The van der Waals surface area contributed by atoms with Crippen LogP contribution in [0.1, 0.15) is 11.1 Å². The van der Waals surface area contributed by atoms with Crippen molar-refractivity contribution in [3.8, 4) is 5.75 Å². The summed E-state index contributed by atoms with van der Waals surface area (Å²) < 4.78 is 5.81. The van der Waals surface area contributed by atoms with E-state index < -0.39 is 0 Å². The Morgan fingerprint density at radius 3 is 2.70 bits per heavy atom. The van der Waals surface area contributed by atoms with Crippen LogP contribution < -0.4 is 15.0 Å². The number of ether oxygens (including phenoxy) is 1. The second-order valence-corrected chi connectivity index (χ2v) is 6.27. The van der Waals surface area contributed by atoms with Crippen LogP contribution in [-0.2, 0) is 12.8 Å². The lowest BCUT2D eigenvalue weighted by Crippen LogP contribution is -2.25. The molecule has 0 aromatic heterocycles. The van der Waals surface area contributed by atoms with Gasteiger partial charge in [0.2, 0.25) is 0 Å². The van der Waals surface area contributed by atoms with E-state index in [1.165, 1.54) is 11.1 Å². The molecule has 1 N–H and O–H groups in total. The number of nitrogens with zero attached hydrogens (tertiary/aromatic N) is 1. The zero-order valence-electron chi connectivity index (χ0n) is 13.5. The van der Waals surface area contributed by atoms with Crippen molar-refractivity contribution in [3.63, 3.8) is 0 Å². The van der Waals surface area contributed by atoms with Crippen molar-refractivity contribution in [3.05, 3.63) is 58.6 Å². The first-order valence-corrected chi connectivity index (χ1v) is 8.53. The van der Waals surface area contributed by atoms with Crippen LogP contribution in [0.3, 0.4) is 0 Å². The molecule has 3 rings (SSSR count). The van der Waals surface area contributed by atoms with Gasteiger partial charge in [0, 0.05) is 7.05 Å². The van der Waals surface area contributed by atoms with Gasteiger partial charge in [0.05, 0.1) is 17.3 Å². The number of anilines is 1. The third-order valence-electron chi connectivity index (χ3n) is 4.27. The molecule has 1 aliphatic heterocycles. The van der Waals surface area contributed by atoms with E-state index in [0.29, 0.717) is 6.61 Å². The van der Waals surface area contributed by atoms with Gasteiger partial charge in [-0.3, -0.25) is 0 Å². The lowest BCUT2D eigenvalue weighted by Gasteiger charge is -2.25. The normalized spacial score (nSPS) is 14.0. The fourth-order valence-electron chi connectivity index (χ4n) is 3.07. The van der Waals surface area contributed by atoms with Crippen molar-refractivity contribution < 1.29 is 4.74 Å². The molecule has 2 aromatic carbocycles. The summed E-state index contributed by atoms with van der Waals surface area (Å²) in [6.07, 6.45) is 2.09. The minimum Gasteiger partial charge on any atom is -0.492 e. The average Bonchev–Trinajstić information content (AvgIpc) is 2.81. The molecule has 0 amide bonds. The molecule has 0 saturated carbocycles. The standard InChI is InChI=1S/C19H23ClN2O/c1-22(13-14-23-16-5-3-2-4-6-16)19-17-10-12-21-11-9-15(17)7-8-18(19)20/h2-8,21H,9-14H2,1H3. The molecule has 0 bridgehead atoms. The predicted octanol–water partition coefficient (Wildman–Crippen LogP) is 3.54. The number of para-hydroxylation sites is 1. The van der Waals surface area contributed by atoms with Crippen LogP contribution in [0.2, 0.25) is 5.02 Å². The highest BCUT2D eigenvalue weighted by Crippen LogP contribution is 2.33. The summed E-state index contributed by atoms with van der Waals surface area (Å²) in [7, 11) is 2.09. The summed E-state index contributed by atoms with van der Waals surface area (Å²) in [6, 6.07) is 14.1. The predicted molar refractivity (Wildman–Crippen MR) is 96.9 cm³/mol. The van der Waals surface area contributed by atoms with E-state index in [0.717, 1.165) is 48.9 Å². The van der Waals surface area contributed by atoms with Crippen LogP contribution in [0.25, 0.3) is 0 Å². The van der Waals surface area contributed by atoms with Gasteiger partial charge in [0.15, 0.2) is 0 Å². The first kappa shape index (κ1) is 16.2. The highest BCUT2D eigenvalue weighted by Gasteiger charge is 2.17. The van der Waals surface area contributed by atoms with Crippen molar-refractivity contribution in [2.75, 3.05) is 38.2 Å². The Morgan fingerprint density at radius 1 is 1.09 bits per heavy atom. The molecule has 122 valence electrons. The van der Waals surface area contributed by atoms with E-state index in [1.807, 2.05) is 36.4 Å². The maximum atomic E-state index is 6.50. The number of hydrogen-bond donors (Lipinski definition) is 1. The van der Waals surface area contributed by atoms with Crippen molar-refractivity contribution in [2.24, 2.45) is 0 Å². The first-order chi connectivity index (χ1) is 11.3. The van der Waals surface area contributed by atoms with Crippen LogP contribution >= 0.6 is 11.6 Å². The van der Waals surface area contributed by atoms with Gasteiger partial charge < -0.3 is 15.0 Å². The summed E-state index contributed by atoms with van der Waals surface area (Å²) in [6.45, 7) is 3.49. The molecule has 1 aliphatic rings. The number of halogens is 1. The molecular weight excluding hydrogens is 308 g/mol. The molecule has 2 aromatic rings. The number of likely N-dealkylation sites (N-methyl/N-ethyl adjacent to an activating group) is 1. The molecule has 3 nitrogen and oxygen atoms in total. The SMILES string of the molecule is CN(CCOc1ccccc1)c1c(Cl)ccc2c1CCNCC2. The largest absolute Gasteiger partial charge is 0.492 e. The first-order valence-electron chi connectivity index (χ1n) is 8.15. The molecule has 1 heterocycles. The Balaban J connectivity index is 1.70. The number of nitrogens with one attached hydrogen (secondary N) is 1. The smallest absolute Gasteiger partial charge is 0.119 e. The van der Waals surface area contributed by atoms with E-state index >= 15 is 0 Å². The quantitative estimate of drug-likeness (QED) is 0.907. The van der Waals surface area contributed by atoms with Gasteiger partial charge in [-0.1, -0.05) is 35.9 Å². The van der Waals surface area contributed by atoms with Gasteiger partial charge >= 0.3 is 0 Å². The summed E-state index contributed by atoms with van der Waals surface area (Å²) in [5.41, 5.74) is 3.94. The molecular formula is C19H23ClN2O. The van der Waals surface area contributed by atoms with Gasteiger partial charge in [-0.15, -0.1) is 0 Å². The fraction of sp³-hybridized carbons (Fsp3) is 0.368. The second-order valence-electron chi connectivity index (χ2n) is 5.87. The van der Waals surface area contributed by atoms with Crippen molar-refractivity contribution >= 4 is 17.3 Å². The van der Waals surface area contributed by atoms with Crippen LogP contribution in [0.5, 0.6) is 5.75 Å². The second kappa shape index (κ2) is 7.71. The third-order valence-corrected chi connectivity index (χ3v) is 4.58. The topological polar surface area (TPSA) is 24.5 Å². The summed E-state index contributed by atoms with van der Waals surface area (Å²) in [5, 5.41) is 4.28. The molecule has 23 heavy (non-hydrogen) atoms. The van der Waals surface area contributed by atoms with Gasteiger partial charge in [-0.2, -0.15) is 0 Å². The zero-order chi connectivity index (χ0) is 16.1. The Labute approximate surface area is 143 Å². The highest BCUT2D eigenvalue weighted by atomic mass is 35.5. The maximum absolute atomic E-state index is 6.50. The van der Waals surface area contributed by atoms with Crippen molar-refractivity contribution in [2.45, 2.75) is 12.8 Å². The number of rotatable bonds is 5. The summed E-state index contributed by atoms with van der Waals surface area (Å²) >= 11 is 6.50. The maximum Gasteiger partial charge on any atom is 0.119 e. The minimum absolute atomic E-state index is 0.638. The highest BCUT2D eigenvalue weighted by molar-refractivity contribution is 6.33. The molecule has 0 saturated heterocycles. The van der Waals surface area contributed by atoms with Crippen LogP contribution in [0, 0.1) is 0 Å². The molecule has 0 radical (unpaired) electrons. The van der Waals surface area contributed by atoms with Gasteiger partial charge in [0.25, 0.3) is 0 Å². The Bertz CT molecular complexity index is 645. The molecule has 0 aliphatic carbocycles. The Kier molecular flexibility index (Phi) is 5.42. The average molecular weight is 331 g/mol. The minimum atomic E-state index is 0.638. The van der Waals surface area contributed by atoms with Gasteiger partial charge in [0.1, 0.15) is 12.4 Å². The lowest BCUT2D eigenvalue weighted by atomic mass is 10.00. The van der Waals surface area contributed by atoms with E-state index in [2.05, 4.69) is 23.3 Å². The van der Waals surface area contributed by atoms with Crippen molar-refractivity contribution in [1.82, 2.24) is 5.32 Å². The molecule has 0 spiro atoms. The molecule has 0 fully saturated rings. The van der Waals surface area contributed by atoms with Crippen LogP contribution in [-0.4, -0.2) is 33.3 Å². The van der Waals surface area contributed by atoms with E-state index in [9.17, 15) is 0 Å². The van der Waals surface area contributed by atoms with Gasteiger partial charge in [-0.25, -0.2) is 0 Å². The fourth-order valence-corrected chi connectivity index (χ4v) is 3.39. The number of benzene rings is 2. The summed E-state index contributed by atoms with van der Waals surface area (Å²) in [4.78, 5) is 2.22. The van der Waals surface area contributed by atoms with Crippen LogP contribution in [0.15, 0.2) is 42.5 Å². The molecule has 0 unspecified atom stereocenters. The van der Waals surface area contributed by atoms with E-state index in [4.69, 9.17) is 16.3 Å². The monoisotopic (exact) mass is 330 g/mol. The van der Waals surface area contributed by atoms with Crippen molar-refractivity contribution in [1.29, 1.82) is 0 Å².